The summed E-state index contributed by atoms with van der Waals surface area (Å²) in [5.74, 6) is 0.986. The molecule has 1 atom stereocenters. The highest BCUT2D eigenvalue weighted by Gasteiger charge is 2.29. The fourth-order valence-corrected chi connectivity index (χ4v) is 1.70. The van der Waals surface area contributed by atoms with Crippen LogP contribution in [0.5, 0.6) is 5.75 Å². The molecule has 0 aliphatic heterocycles. The Morgan fingerprint density at radius 3 is 3.00 bits per heavy atom. The van der Waals surface area contributed by atoms with Crippen LogP contribution in [-0.4, -0.2) is 12.9 Å². The number of hydrogen-bond donors (Lipinski definition) is 1. The SMILES string of the molecule is COc1ccc2c(c1)[C@H]([NH3+])CC2=O. The molecular formula is C10H12NO2+. The highest BCUT2D eigenvalue weighted by molar-refractivity contribution is 6.01. The van der Waals surface area contributed by atoms with E-state index < -0.39 is 0 Å². The molecule has 0 saturated heterocycles. The standard InChI is InChI=1S/C10H11NO2/c1-13-6-2-3-7-8(4-6)9(11)5-10(7)12/h2-4,9H,5,11H2,1H3/p+1/t9-/m1/s1. The average molecular weight is 178 g/mol. The molecule has 0 saturated carbocycles. The van der Waals surface area contributed by atoms with Gasteiger partial charge in [-0.15, -0.1) is 0 Å². The third-order valence-electron chi connectivity index (χ3n) is 2.43. The maximum atomic E-state index is 11.4. The van der Waals surface area contributed by atoms with E-state index in [2.05, 4.69) is 5.73 Å². The molecule has 0 radical (unpaired) electrons. The van der Waals surface area contributed by atoms with E-state index in [0.29, 0.717) is 6.42 Å². The van der Waals surface area contributed by atoms with Gasteiger partial charge in [-0.25, -0.2) is 0 Å². The molecule has 0 unspecified atom stereocenters. The number of methoxy groups -OCH3 is 1. The van der Waals surface area contributed by atoms with Crippen LogP contribution in [0.15, 0.2) is 18.2 Å². The Labute approximate surface area is 76.5 Å². The van der Waals surface area contributed by atoms with Gasteiger partial charge in [0.05, 0.1) is 13.5 Å². The summed E-state index contributed by atoms with van der Waals surface area (Å²) in [6.07, 6.45) is 0.530. The van der Waals surface area contributed by atoms with Crippen LogP contribution in [-0.2, 0) is 0 Å². The van der Waals surface area contributed by atoms with Crippen LogP contribution >= 0.6 is 0 Å². The van der Waals surface area contributed by atoms with Crippen LogP contribution < -0.4 is 10.5 Å². The fourth-order valence-electron chi connectivity index (χ4n) is 1.70. The lowest BCUT2D eigenvalue weighted by Crippen LogP contribution is -2.52. The Bertz CT molecular complexity index is 360. The Morgan fingerprint density at radius 2 is 2.31 bits per heavy atom. The van der Waals surface area contributed by atoms with Crippen LogP contribution in [0.2, 0.25) is 0 Å². The summed E-state index contributed by atoms with van der Waals surface area (Å²) in [5.41, 5.74) is 5.75. The summed E-state index contributed by atoms with van der Waals surface area (Å²) >= 11 is 0. The molecule has 3 nitrogen and oxygen atoms in total. The lowest BCUT2D eigenvalue weighted by molar-refractivity contribution is -0.423. The van der Waals surface area contributed by atoms with Crippen molar-refractivity contribution in [2.24, 2.45) is 0 Å². The monoisotopic (exact) mass is 178 g/mol. The molecule has 0 bridgehead atoms. The molecule has 1 aromatic carbocycles. The van der Waals surface area contributed by atoms with Gasteiger partial charge in [0.2, 0.25) is 0 Å². The van der Waals surface area contributed by atoms with E-state index in [1.165, 1.54) is 0 Å². The number of hydrogen-bond acceptors (Lipinski definition) is 2. The van der Waals surface area contributed by atoms with Gasteiger partial charge in [-0.2, -0.15) is 0 Å². The van der Waals surface area contributed by atoms with Gasteiger partial charge in [0, 0.05) is 11.1 Å². The van der Waals surface area contributed by atoms with E-state index >= 15 is 0 Å². The van der Waals surface area contributed by atoms with Crippen molar-refractivity contribution < 1.29 is 15.3 Å². The maximum absolute atomic E-state index is 11.4. The molecule has 0 aromatic heterocycles. The van der Waals surface area contributed by atoms with Gasteiger partial charge >= 0.3 is 0 Å². The van der Waals surface area contributed by atoms with Gasteiger partial charge in [0.15, 0.2) is 5.78 Å². The van der Waals surface area contributed by atoms with Crippen molar-refractivity contribution in [1.29, 1.82) is 0 Å². The number of carbonyl (C=O) groups excluding carboxylic acids is 1. The molecule has 3 N–H and O–H groups in total. The Kier molecular flexibility index (Phi) is 1.81. The van der Waals surface area contributed by atoms with E-state index in [0.717, 1.165) is 16.9 Å². The first-order chi connectivity index (χ1) is 6.22. The fraction of sp³-hybridized carbons (Fsp3) is 0.300. The minimum atomic E-state index is 0.0950. The molecule has 2 rings (SSSR count). The molecule has 0 fully saturated rings. The first-order valence-corrected chi connectivity index (χ1v) is 4.26. The molecule has 13 heavy (non-hydrogen) atoms. The van der Waals surface area contributed by atoms with E-state index in [9.17, 15) is 4.79 Å². The van der Waals surface area contributed by atoms with Crippen molar-refractivity contribution in [2.75, 3.05) is 7.11 Å². The number of ketones is 1. The predicted octanol–water partition coefficient (Wildman–Crippen LogP) is 0.565. The van der Waals surface area contributed by atoms with E-state index in [4.69, 9.17) is 4.74 Å². The largest absolute Gasteiger partial charge is 0.497 e. The molecule has 0 spiro atoms. The predicted molar refractivity (Wildman–Crippen MR) is 47.6 cm³/mol. The zero-order valence-corrected chi connectivity index (χ0v) is 7.54. The number of ether oxygens (including phenoxy) is 1. The first kappa shape index (κ1) is 8.26. The van der Waals surface area contributed by atoms with Crippen molar-refractivity contribution in [2.45, 2.75) is 12.5 Å². The second-order valence-electron chi connectivity index (χ2n) is 3.28. The number of benzene rings is 1. The Balaban J connectivity index is 2.52. The van der Waals surface area contributed by atoms with E-state index in [-0.39, 0.29) is 11.8 Å². The molecule has 0 amide bonds. The number of fused-ring (bicyclic) bond motifs is 1. The number of quaternary nitrogens is 1. The zero-order valence-electron chi connectivity index (χ0n) is 7.54. The minimum absolute atomic E-state index is 0.0950. The highest BCUT2D eigenvalue weighted by Crippen LogP contribution is 2.30. The molecule has 1 aromatic rings. The van der Waals surface area contributed by atoms with Gasteiger partial charge in [-0.05, 0) is 18.2 Å². The normalized spacial score (nSPS) is 20.2. The molecule has 3 heteroatoms. The molecular weight excluding hydrogens is 166 g/mol. The Hall–Kier alpha value is -1.35. The Morgan fingerprint density at radius 1 is 1.54 bits per heavy atom. The first-order valence-electron chi connectivity index (χ1n) is 4.26. The molecule has 0 heterocycles. The lowest BCUT2D eigenvalue weighted by atomic mass is 10.1. The van der Waals surface area contributed by atoms with Crippen LogP contribution in [0, 0.1) is 0 Å². The summed E-state index contributed by atoms with van der Waals surface area (Å²) < 4.78 is 5.08. The third-order valence-corrected chi connectivity index (χ3v) is 2.43. The maximum Gasteiger partial charge on any atom is 0.169 e. The average Bonchev–Trinajstić information content (AvgIpc) is 2.42. The molecule has 68 valence electrons. The van der Waals surface area contributed by atoms with Gasteiger partial charge in [-0.3, -0.25) is 4.79 Å². The van der Waals surface area contributed by atoms with Crippen LogP contribution in [0.1, 0.15) is 28.4 Å². The molecule has 1 aliphatic carbocycles. The summed E-state index contributed by atoms with van der Waals surface area (Å²) in [6, 6.07) is 5.63. The lowest BCUT2D eigenvalue weighted by Gasteiger charge is -2.03. The topological polar surface area (TPSA) is 53.9 Å². The number of Topliss-reactive ketones (excluding diaryl/α,β-unsaturated/α-hetero) is 1. The highest BCUT2D eigenvalue weighted by atomic mass is 16.5. The van der Waals surface area contributed by atoms with Crippen molar-refractivity contribution in [3.8, 4) is 5.75 Å². The number of carbonyl (C=O) groups is 1. The number of rotatable bonds is 1. The molecule has 1 aliphatic rings. The summed E-state index contributed by atoms with van der Waals surface area (Å²) in [6.45, 7) is 0. The van der Waals surface area contributed by atoms with Crippen LogP contribution in [0.4, 0.5) is 0 Å². The third kappa shape index (κ3) is 1.21. The van der Waals surface area contributed by atoms with Gasteiger partial charge in [0.1, 0.15) is 11.8 Å². The van der Waals surface area contributed by atoms with E-state index in [1.54, 1.807) is 7.11 Å². The summed E-state index contributed by atoms with van der Waals surface area (Å²) in [4.78, 5) is 11.4. The second kappa shape index (κ2) is 2.85. The van der Waals surface area contributed by atoms with Crippen molar-refractivity contribution >= 4 is 5.78 Å². The van der Waals surface area contributed by atoms with E-state index in [1.807, 2.05) is 18.2 Å². The smallest absolute Gasteiger partial charge is 0.169 e. The van der Waals surface area contributed by atoms with Crippen molar-refractivity contribution in [1.82, 2.24) is 0 Å². The summed E-state index contributed by atoms with van der Waals surface area (Å²) in [5, 5.41) is 0. The quantitative estimate of drug-likeness (QED) is 0.683. The van der Waals surface area contributed by atoms with Gasteiger partial charge in [0.25, 0.3) is 0 Å². The summed E-state index contributed by atoms with van der Waals surface area (Å²) in [7, 11) is 1.62. The minimum Gasteiger partial charge on any atom is -0.497 e. The van der Waals surface area contributed by atoms with Gasteiger partial charge < -0.3 is 10.5 Å². The second-order valence-corrected chi connectivity index (χ2v) is 3.28. The van der Waals surface area contributed by atoms with Crippen molar-refractivity contribution in [3.63, 3.8) is 0 Å². The van der Waals surface area contributed by atoms with Gasteiger partial charge in [-0.1, -0.05) is 0 Å². The van der Waals surface area contributed by atoms with Crippen LogP contribution in [0.25, 0.3) is 0 Å². The van der Waals surface area contributed by atoms with Crippen molar-refractivity contribution in [3.05, 3.63) is 29.3 Å². The zero-order chi connectivity index (χ0) is 9.42. The van der Waals surface area contributed by atoms with Crippen LogP contribution in [0.3, 0.4) is 0 Å².